The molecule has 1 aliphatic heterocycles. The fraction of sp³-hybridized carbons (Fsp3) is 0.462. The lowest BCUT2D eigenvalue weighted by Crippen LogP contribution is -2.35. The van der Waals surface area contributed by atoms with Gasteiger partial charge in [-0.15, -0.1) is 0 Å². The van der Waals surface area contributed by atoms with Crippen LogP contribution in [0.3, 0.4) is 0 Å². The zero-order chi connectivity index (χ0) is 13.7. The second kappa shape index (κ2) is 6.73. The Balaban J connectivity index is 1.80. The van der Waals surface area contributed by atoms with Crippen LogP contribution >= 0.6 is 11.6 Å². The molecule has 1 saturated heterocycles. The van der Waals surface area contributed by atoms with E-state index in [2.05, 4.69) is 10.6 Å². The van der Waals surface area contributed by atoms with Crippen LogP contribution in [0.1, 0.15) is 12.8 Å². The van der Waals surface area contributed by atoms with Crippen molar-refractivity contribution in [3.05, 3.63) is 29.0 Å². The van der Waals surface area contributed by atoms with Crippen molar-refractivity contribution in [3.63, 3.8) is 0 Å². The molecule has 1 aromatic carbocycles. The van der Waals surface area contributed by atoms with E-state index < -0.39 is 11.8 Å². The molecule has 104 valence electrons. The first-order valence-electron chi connectivity index (χ1n) is 6.23. The molecule has 2 rings (SSSR count). The van der Waals surface area contributed by atoms with Crippen LogP contribution in [0.15, 0.2) is 18.2 Å². The third kappa shape index (κ3) is 4.36. The Morgan fingerprint density at radius 3 is 2.84 bits per heavy atom. The van der Waals surface area contributed by atoms with Crippen LogP contribution in [-0.2, 0) is 4.74 Å². The largest absolute Gasteiger partial charge is 0.381 e. The highest BCUT2D eigenvalue weighted by Gasteiger charge is 2.15. The van der Waals surface area contributed by atoms with Gasteiger partial charge >= 0.3 is 6.03 Å². The maximum Gasteiger partial charge on any atom is 0.319 e. The summed E-state index contributed by atoms with van der Waals surface area (Å²) in [5.74, 6) is -0.122. The number of anilines is 1. The number of hydrogen-bond acceptors (Lipinski definition) is 2. The smallest absolute Gasteiger partial charge is 0.319 e. The molecule has 6 heteroatoms. The zero-order valence-corrected chi connectivity index (χ0v) is 11.2. The lowest BCUT2D eigenvalue weighted by Gasteiger charge is -2.22. The van der Waals surface area contributed by atoms with Gasteiger partial charge in [-0.05, 0) is 37.0 Å². The molecule has 4 nitrogen and oxygen atoms in total. The number of halogens is 2. The molecule has 0 spiro atoms. The minimum Gasteiger partial charge on any atom is -0.381 e. The van der Waals surface area contributed by atoms with Gasteiger partial charge in [0.15, 0.2) is 0 Å². The molecule has 19 heavy (non-hydrogen) atoms. The first kappa shape index (κ1) is 14.1. The molecular formula is C13H16ClFN2O2. The van der Waals surface area contributed by atoms with Gasteiger partial charge in [-0.1, -0.05) is 11.6 Å². The van der Waals surface area contributed by atoms with E-state index in [1.54, 1.807) is 0 Å². The second-order valence-electron chi connectivity index (χ2n) is 4.51. The van der Waals surface area contributed by atoms with Crippen LogP contribution in [0.4, 0.5) is 14.9 Å². The third-order valence-electron chi connectivity index (χ3n) is 3.07. The molecule has 1 fully saturated rings. The van der Waals surface area contributed by atoms with Crippen LogP contribution < -0.4 is 10.6 Å². The van der Waals surface area contributed by atoms with E-state index in [4.69, 9.17) is 16.3 Å². The average molecular weight is 287 g/mol. The Labute approximate surface area is 116 Å². The van der Waals surface area contributed by atoms with E-state index in [1.807, 2.05) is 0 Å². The fourth-order valence-electron chi connectivity index (χ4n) is 1.94. The number of nitrogens with one attached hydrogen (secondary N) is 2. The van der Waals surface area contributed by atoms with Crippen molar-refractivity contribution < 1.29 is 13.9 Å². The first-order valence-corrected chi connectivity index (χ1v) is 6.60. The summed E-state index contributed by atoms with van der Waals surface area (Å²) < 4.78 is 18.7. The number of hydrogen-bond donors (Lipinski definition) is 2. The van der Waals surface area contributed by atoms with Gasteiger partial charge in [0.05, 0.1) is 5.69 Å². The molecular weight excluding hydrogens is 271 g/mol. The van der Waals surface area contributed by atoms with Crippen molar-refractivity contribution in [2.24, 2.45) is 5.92 Å². The monoisotopic (exact) mass is 286 g/mol. The minimum atomic E-state index is -0.547. The predicted molar refractivity (Wildman–Crippen MR) is 72.0 cm³/mol. The summed E-state index contributed by atoms with van der Waals surface area (Å²) in [6, 6.07) is 3.72. The van der Waals surface area contributed by atoms with Crippen molar-refractivity contribution in [3.8, 4) is 0 Å². The van der Waals surface area contributed by atoms with E-state index in [0.29, 0.717) is 17.5 Å². The Morgan fingerprint density at radius 2 is 2.16 bits per heavy atom. The summed E-state index contributed by atoms with van der Waals surface area (Å²) in [5.41, 5.74) is 0.119. The van der Waals surface area contributed by atoms with Gasteiger partial charge in [-0.25, -0.2) is 9.18 Å². The number of benzene rings is 1. The number of amides is 2. The summed E-state index contributed by atoms with van der Waals surface area (Å²) in [7, 11) is 0. The van der Waals surface area contributed by atoms with Crippen LogP contribution in [0, 0.1) is 11.7 Å². The predicted octanol–water partition coefficient (Wildman–Crippen LogP) is 3.03. The molecule has 0 aromatic heterocycles. The Morgan fingerprint density at radius 1 is 1.42 bits per heavy atom. The van der Waals surface area contributed by atoms with Crippen molar-refractivity contribution >= 4 is 23.3 Å². The molecule has 1 aromatic rings. The Hall–Kier alpha value is -1.33. The average Bonchev–Trinajstić information content (AvgIpc) is 2.41. The maximum atomic E-state index is 13.5. The number of ether oxygens (including phenoxy) is 1. The van der Waals surface area contributed by atoms with Crippen LogP contribution in [0.25, 0.3) is 0 Å². The van der Waals surface area contributed by atoms with Gasteiger partial charge in [0.2, 0.25) is 0 Å². The third-order valence-corrected chi connectivity index (χ3v) is 3.31. The normalized spacial score (nSPS) is 16.1. The molecule has 2 N–H and O–H groups in total. The highest BCUT2D eigenvalue weighted by Crippen LogP contribution is 2.19. The van der Waals surface area contributed by atoms with Gasteiger partial charge in [0.25, 0.3) is 0 Å². The molecule has 0 atom stereocenters. The molecule has 0 bridgehead atoms. The quantitative estimate of drug-likeness (QED) is 0.897. The van der Waals surface area contributed by atoms with Gasteiger partial charge in [-0.2, -0.15) is 0 Å². The van der Waals surface area contributed by atoms with Crippen molar-refractivity contribution in [1.29, 1.82) is 0 Å². The minimum absolute atomic E-state index is 0.119. The van der Waals surface area contributed by atoms with Crippen LogP contribution in [-0.4, -0.2) is 25.8 Å². The first-order chi connectivity index (χ1) is 9.15. The molecule has 0 radical (unpaired) electrons. The molecule has 1 heterocycles. The maximum absolute atomic E-state index is 13.5. The van der Waals surface area contributed by atoms with Gasteiger partial charge in [-0.3, -0.25) is 0 Å². The number of carbonyl (C=O) groups excluding carboxylic acids is 1. The summed E-state index contributed by atoms with van der Waals surface area (Å²) in [6.45, 7) is 2.05. The van der Waals surface area contributed by atoms with Gasteiger partial charge < -0.3 is 15.4 Å². The highest BCUT2D eigenvalue weighted by molar-refractivity contribution is 6.30. The van der Waals surface area contributed by atoms with Crippen molar-refractivity contribution in [2.45, 2.75) is 12.8 Å². The van der Waals surface area contributed by atoms with Gasteiger partial charge in [0.1, 0.15) is 5.82 Å². The summed E-state index contributed by atoms with van der Waals surface area (Å²) >= 11 is 5.64. The van der Waals surface area contributed by atoms with Crippen molar-refractivity contribution in [1.82, 2.24) is 5.32 Å². The molecule has 0 aliphatic carbocycles. The van der Waals surface area contributed by atoms with E-state index in [0.717, 1.165) is 32.1 Å². The summed E-state index contributed by atoms with van der Waals surface area (Å²) in [4.78, 5) is 11.6. The fourth-order valence-corrected chi connectivity index (χ4v) is 2.10. The number of rotatable bonds is 3. The number of carbonyl (C=O) groups is 1. The number of urea groups is 1. The van der Waals surface area contributed by atoms with E-state index in [9.17, 15) is 9.18 Å². The Kier molecular flexibility index (Phi) is 4.99. The summed E-state index contributed by atoms with van der Waals surface area (Å²) in [5, 5.41) is 5.50. The second-order valence-corrected chi connectivity index (χ2v) is 4.95. The van der Waals surface area contributed by atoms with Gasteiger partial charge in [0, 0.05) is 24.8 Å². The van der Waals surface area contributed by atoms with E-state index in [1.165, 1.54) is 12.1 Å². The van der Waals surface area contributed by atoms with Crippen molar-refractivity contribution in [2.75, 3.05) is 25.1 Å². The standard InChI is InChI=1S/C13H16ClFN2O2/c14-10-1-2-12(11(15)7-10)17-13(18)16-8-9-3-5-19-6-4-9/h1-2,7,9H,3-6,8H2,(H2,16,17,18). The summed E-state index contributed by atoms with van der Waals surface area (Å²) in [6.07, 6.45) is 1.88. The lowest BCUT2D eigenvalue weighted by atomic mass is 10.0. The van der Waals surface area contributed by atoms with Crippen LogP contribution in [0.2, 0.25) is 5.02 Å². The van der Waals surface area contributed by atoms with Crippen LogP contribution in [0.5, 0.6) is 0 Å². The zero-order valence-electron chi connectivity index (χ0n) is 10.4. The molecule has 0 unspecified atom stereocenters. The molecule has 2 amide bonds. The van der Waals surface area contributed by atoms with E-state index >= 15 is 0 Å². The topological polar surface area (TPSA) is 50.4 Å². The highest BCUT2D eigenvalue weighted by atomic mass is 35.5. The Bertz CT molecular complexity index is 450. The SMILES string of the molecule is O=C(NCC1CCOCC1)Nc1ccc(Cl)cc1F. The molecule has 0 saturated carbocycles. The molecule has 1 aliphatic rings. The van der Waals surface area contributed by atoms with E-state index in [-0.39, 0.29) is 5.69 Å². The lowest BCUT2D eigenvalue weighted by molar-refractivity contribution is 0.0671.